The molecule has 0 aliphatic carbocycles. The van der Waals surface area contributed by atoms with Crippen molar-refractivity contribution in [3.63, 3.8) is 0 Å². The molecular weight excluding hydrogens is 455 g/mol. The zero-order valence-corrected chi connectivity index (χ0v) is 22.2. The summed E-state index contributed by atoms with van der Waals surface area (Å²) in [5.41, 5.74) is 0.0485. The van der Waals surface area contributed by atoms with Crippen LogP contribution in [0.25, 0.3) is 0 Å². The van der Waals surface area contributed by atoms with Crippen molar-refractivity contribution in [3.8, 4) is 5.88 Å². The molecule has 0 saturated carbocycles. The van der Waals surface area contributed by atoms with Gasteiger partial charge >= 0.3 is 0 Å². The number of halogens is 1. The highest BCUT2D eigenvalue weighted by Gasteiger charge is 2.59. The van der Waals surface area contributed by atoms with E-state index in [-0.39, 0.29) is 18.2 Å². The third kappa shape index (κ3) is 8.32. The molecule has 1 saturated heterocycles. The van der Waals surface area contributed by atoms with E-state index in [4.69, 9.17) is 23.7 Å². The van der Waals surface area contributed by atoms with Gasteiger partial charge in [0.05, 0.1) is 13.2 Å². The number of nitrogens with zero attached hydrogens (tertiary/aromatic N) is 2. The zero-order valence-electron chi connectivity index (χ0n) is 22.2. The Morgan fingerprint density at radius 1 is 0.886 bits per heavy atom. The molecule has 35 heavy (non-hydrogen) atoms. The van der Waals surface area contributed by atoms with E-state index in [0.29, 0.717) is 32.1 Å². The van der Waals surface area contributed by atoms with E-state index in [1.54, 1.807) is 6.92 Å². The molecule has 2 heterocycles. The van der Waals surface area contributed by atoms with Crippen LogP contribution < -0.4 is 4.74 Å². The second-order valence-electron chi connectivity index (χ2n) is 9.07. The summed E-state index contributed by atoms with van der Waals surface area (Å²) < 4.78 is 45.0. The van der Waals surface area contributed by atoms with Crippen molar-refractivity contribution in [2.75, 3.05) is 33.0 Å². The molecule has 1 aliphatic rings. The van der Waals surface area contributed by atoms with Crippen LogP contribution in [-0.2, 0) is 24.7 Å². The molecule has 1 fully saturated rings. The summed E-state index contributed by atoms with van der Waals surface area (Å²) in [4.78, 5) is 8.30. The van der Waals surface area contributed by atoms with Gasteiger partial charge in [-0.05, 0) is 32.6 Å². The summed E-state index contributed by atoms with van der Waals surface area (Å²) in [6.45, 7) is 11.9. The van der Waals surface area contributed by atoms with Crippen LogP contribution in [0.4, 0.5) is 4.39 Å². The van der Waals surface area contributed by atoms with Gasteiger partial charge in [0.1, 0.15) is 24.0 Å². The molecule has 1 N–H and O–H groups in total. The molecule has 0 bridgehead atoms. The van der Waals surface area contributed by atoms with E-state index >= 15 is 4.39 Å². The third-order valence-corrected chi connectivity index (χ3v) is 5.97. The minimum atomic E-state index is -2.17. The van der Waals surface area contributed by atoms with Gasteiger partial charge in [-0.1, -0.05) is 53.4 Å². The first kappa shape index (κ1) is 29.8. The Kier molecular flexibility index (Phi) is 13.4. The first-order valence-corrected chi connectivity index (χ1v) is 13.3. The van der Waals surface area contributed by atoms with E-state index in [9.17, 15) is 5.11 Å². The Labute approximate surface area is 209 Å². The van der Waals surface area contributed by atoms with Gasteiger partial charge in [-0.2, -0.15) is 9.37 Å². The van der Waals surface area contributed by atoms with Crippen molar-refractivity contribution in [2.45, 2.75) is 110 Å². The van der Waals surface area contributed by atoms with E-state index < -0.39 is 30.0 Å². The van der Waals surface area contributed by atoms with Gasteiger partial charge in [-0.15, -0.1) is 0 Å². The molecule has 4 atom stereocenters. The van der Waals surface area contributed by atoms with Crippen LogP contribution in [0.5, 0.6) is 5.88 Å². The summed E-state index contributed by atoms with van der Waals surface area (Å²) in [6, 6.07) is 0. The molecule has 202 valence electrons. The predicted molar refractivity (Wildman–Crippen MR) is 131 cm³/mol. The lowest BCUT2D eigenvalue weighted by Gasteiger charge is -2.30. The monoisotopic (exact) mass is 500 g/mol. The maximum Gasteiger partial charge on any atom is 0.244 e. The number of rotatable bonds is 18. The van der Waals surface area contributed by atoms with Crippen molar-refractivity contribution in [2.24, 2.45) is 0 Å². The normalized spacial score (nSPS) is 24.3. The van der Waals surface area contributed by atoms with Crippen LogP contribution in [0.2, 0.25) is 0 Å². The quantitative estimate of drug-likeness (QED) is 0.287. The number of hydrogen-bond acceptors (Lipinski definition) is 8. The van der Waals surface area contributed by atoms with Gasteiger partial charge in [0, 0.05) is 19.8 Å². The highest BCUT2D eigenvalue weighted by molar-refractivity contribution is 5.24. The molecule has 0 aromatic carbocycles. The number of ether oxygens (including phenoxy) is 5. The summed E-state index contributed by atoms with van der Waals surface area (Å²) in [7, 11) is 0. The molecular formula is C26H45FN2O6. The predicted octanol–water partition coefficient (Wildman–Crippen LogP) is 4.83. The SMILES string of the molecule is CCCCOC[C@H]1OC(O)(c2nc(C)c(OCCCC)nc2F)C(OCCCC)[C@H]1OCCCC. The summed E-state index contributed by atoms with van der Waals surface area (Å²) in [5.74, 6) is -3.01. The average Bonchev–Trinajstić information content (AvgIpc) is 3.10. The molecule has 1 aromatic heterocycles. The smallest absolute Gasteiger partial charge is 0.244 e. The minimum absolute atomic E-state index is 0.111. The number of hydrogen-bond donors (Lipinski definition) is 1. The summed E-state index contributed by atoms with van der Waals surface area (Å²) >= 11 is 0. The van der Waals surface area contributed by atoms with Crippen LogP contribution in [0.15, 0.2) is 0 Å². The van der Waals surface area contributed by atoms with Gasteiger partial charge in [-0.3, -0.25) is 0 Å². The molecule has 1 aromatic rings. The molecule has 0 radical (unpaired) electrons. The summed E-state index contributed by atoms with van der Waals surface area (Å²) in [6.07, 6.45) is 4.88. The van der Waals surface area contributed by atoms with Gasteiger partial charge < -0.3 is 28.8 Å². The van der Waals surface area contributed by atoms with Crippen LogP contribution in [0.1, 0.15) is 90.4 Å². The number of unbranched alkanes of at least 4 members (excludes halogenated alkanes) is 4. The highest BCUT2D eigenvalue weighted by Crippen LogP contribution is 2.42. The second kappa shape index (κ2) is 15.7. The molecule has 0 spiro atoms. The van der Waals surface area contributed by atoms with Crippen molar-refractivity contribution in [3.05, 3.63) is 17.3 Å². The van der Waals surface area contributed by atoms with Crippen molar-refractivity contribution in [1.82, 2.24) is 9.97 Å². The topological polar surface area (TPSA) is 92.2 Å². The fourth-order valence-corrected chi connectivity index (χ4v) is 3.83. The molecule has 0 amide bonds. The Morgan fingerprint density at radius 2 is 1.49 bits per heavy atom. The highest BCUT2D eigenvalue weighted by atomic mass is 19.1. The summed E-state index contributed by atoms with van der Waals surface area (Å²) in [5, 5.41) is 11.8. The van der Waals surface area contributed by atoms with E-state index in [1.807, 2.05) is 13.8 Å². The van der Waals surface area contributed by atoms with Crippen LogP contribution >= 0.6 is 0 Å². The van der Waals surface area contributed by atoms with Crippen molar-refractivity contribution in [1.29, 1.82) is 0 Å². The largest absolute Gasteiger partial charge is 0.476 e. The Morgan fingerprint density at radius 3 is 2.14 bits per heavy atom. The minimum Gasteiger partial charge on any atom is -0.476 e. The van der Waals surface area contributed by atoms with Crippen molar-refractivity contribution < 1.29 is 33.2 Å². The first-order valence-electron chi connectivity index (χ1n) is 13.3. The lowest BCUT2D eigenvalue weighted by atomic mass is 10.0. The molecule has 1 aliphatic heterocycles. The van der Waals surface area contributed by atoms with Gasteiger partial charge in [0.15, 0.2) is 5.69 Å². The Hall–Kier alpha value is -1.39. The zero-order chi connectivity index (χ0) is 25.7. The molecule has 8 nitrogen and oxygen atoms in total. The Balaban J connectivity index is 2.37. The lowest BCUT2D eigenvalue weighted by Crippen LogP contribution is -2.46. The average molecular weight is 501 g/mol. The fourth-order valence-electron chi connectivity index (χ4n) is 3.83. The molecule has 2 unspecified atom stereocenters. The second-order valence-corrected chi connectivity index (χ2v) is 9.07. The number of aliphatic hydroxyl groups is 1. The van der Waals surface area contributed by atoms with Crippen molar-refractivity contribution >= 4 is 0 Å². The third-order valence-electron chi connectivity index (χ3n) is 5.97. The fraction of sp³-hybridized carbons (Fsp3) is 0.846. The van der Waals surface area contributed by atoms with Gasteiger partial charge in [0.2, 0.25) is 17.6 Å². The molecule has 2 rings (SSSR count). The van der Waals surface area contributed by atoms with E-state index in [2.05, 4.69) is 23.8 Å². The van der Waals surface area contributed by atoms with Gasteiger partial charge in [-0.25, -0.2) is 4.98 Å². The van der Waals surface area contributed by atoms with Gasteiger partial charge in [0.25, 0.3) is 0 Å². The lowest BCUT2D eigenvalue weighted by molar-refractivity contribution is -0.254. The standard InChI is InChI=1S/C26H45FN2O6/c1-6-10-14-31-18-20-21(32-15-11-7-2)23(33-16-12-8-3)26(30,35-20)22-24(27)29-25(19(5)28-22)34-17-13-9-4/h20-21,23,30H,6-18H2,1-5H3/t20-,21+,23?,26?/m1/s1. The maximum atomic E-state index is 15.3. The van der Waals surface area contributed by atoms with Crippen LogP contribution in [0, 0.1) is 12.9 Å². The Bertz CT molecular complexity index is 740. The first-order chi connectivity index (χ1) is 16.9. The van der Waals surface area contributed by atoms with E-state index in [0.717, 1.165) is 51.4 Å². The maximum absolute atomic E-state index is 15.3. The van der Waals surface area contributed by atoms with Crippen LogP contribution in [0.3, 0.4) is 0 Å². The van der Waals surface area contributed by atoms with E-state index in [1.165, 1.54) is 0 Å². The molecule has 9 heteroatoms. The number of aryl methyl sites for hydroxylation is 1. The number of aromatic nitrogens is 2. The van der Waals surface area contributed by atoms with Crippen LogP contribution in [-0.4, -0.2) is 66.4 Å².